The minimum Gasteiger partial charge on any atom is -0.452 e. The number of aryl methyl sites for hydroxylation is 1. The average molecular weight is 299 g/mol. The Bertz CT molecular complexity index is 683. The molecule has 0 bridgehead atoms. The van der Waals surface area contributed by atoms with Crippen molar-refractivity contribution in [2.24, 2.45) is 5.11 Å². The normalized spacial score (nSPS) is 9.57. The standard InChI is InChI=1S/C15H13N3O2S/c1-11-7-8-14(17-18-16)12(9-11)10-19-15(21)20-13-5-3-2-4-6-13/h2-9H,10H2,1H3. The number of thiocarbonyl (C=S) groups is 1. The SMILES string of the molecule is Cc1ccc(N=[N+]=[N-])c(COC(=S)Oc2ccccc2)c1. The second-order valence-corrected chi connectivity index (χ2v) is 4.61. The van der Waals surface area contributed by atoms with Crippen LogP contribution in [-0.2, 0) is 11.3 Å². The maximum atomic E-state index is 8.55. The number of hydrogen-bond acceptors (Lipinski definition) is 4. The molecule has 21 heavy (non-hydrogen) atoms. The Hall–Kier alpha value is -2.56. The Morgan fingerprint density at radius 1 is 1.24 bits per heavy atom. The Kier molecular flexibility index (Phi) is 5.15. The molecule has 5 nitrogen and oxygen atoms in total. The van der Waals surface area contributed by atoms with Gasteiger partial charge in [0, 0.05) is 22.8 Å². The molecule has 0 heterocycles. The van der Waals surface area contributed by atoms with E-state index in [1.54, 1.807) is 18.2 Å². The fourth-order valence-electron chi connectivity index (χ4n) is 1.73. The van der Waals surface area contributed by atoms with E-state index in [2.05, 4.69) is 10.0 Å². The van der Waals surface area contributed by atoms with E-state index in [4.69, 9.17) is 27.2 Å². The number of benzene rings is 2. The molecule has 0 amide bonds. The highest BCUT2D eigenvalue weighted by Crippen LogP contribution is 2.22. The molecule has 0 aliphatic carbocycles. The van der Waals surface area contributed by atoms with E-state index < -0.39 is 0 Å². The zero-order valence-electron chi connectivity index (χ0n) is 11.4. The minimum absolute atomic E-state index is 0.0228. The van der Waals surface area contributed by atoms with E-state index in [1.165, 1.54) is 0 Å². The van der Waals surface area contributed by atoms with Gasteiger partial charge in [-0.2, -0.15) is 0 Å². The third kappa shape index (κ3) is 4.49. The number of nitrogens with zero attached hydrogens (tertiary/aromatic N) is 3. The van der Waals surface area contributed by atoms with Crippen molar-refractivity contribution in [3.05, 3.63) is 70.1 Å². The van der Waals surface area contributed by atoms with Crippen LogP contribution >= 0.6 is 12.2 Å². The maximum Gasteiger partial charge on any atom is 0.358 e. The van der Waals surface area contributed by atoms with Crippen LogP contribution < -0.4 is 4.74 Å². The lowest BCUT2D eigenvalue weighted by Gasteiger charge is -2.10. The molecule has 0 saturated carbocycles. The van der Waals surface area contributed by atoms with Gasteiger partial charge in [0.1, 0.15) is 12.4 Å². The number of azide groups is 1. The van der Waals surface area contributed by atoms with Crippen LogP contribution in [0.3, 0.4) is 0 Å². The highest BCUT2D eigenvalue weighted by Gasteiger charge is 2.05. The van der Waals surface area contributed by atoms with Crippen LogP contribution in [0.25, 0.3) is 10.4 Å². The van der Waals surface area contributed by atoms with Crippen LogP contribution in [0.15, 0.2) is 53.6 Å². The molecule has 0 atom stereocenters. The summed E-state index contributed by atoms with van der Waals surface area (Å²) in [7, 11) is 0. The molecule has 0 saturated heterocycles. The van der Waals surface area contributed by atoms with Crippen molar-refractivity contribution in [1.29, 1.82) is 0 Å². The van der Waals surface area contributed by atoms with Crippen molar-refractivity contribution in [3.8, 4) is 5.75 Å². The molecule has 0 N–H and O–H groups in total. The lowest BCUT2D eigenvalue weighted by atomic mass is 10.1. The van der Waals surface area contributed by atoms with Crippen molar-refractivity contribution >= 4 is 23.1 Å². The third-order valence-corrected chi connectivity index (χ3v) is 2.88. The van der Waals surface area contributed by atoms with Crippen LogP contribution in [0.4, 0.5) is 5.69 Å². The van der Waals surface area contributed by atoms with E-state index in [-0.39, 0.29) is 11.8 Å². The first kappa shape index (κ1) is 14.8. The van der Waals surface area contributed by atoms with Crippen LogP contribution in [0.1, 0.15) is 11.1 Å². The topological polar surface area (TPSA) is 67.2 Å². The number of rotatable bonds is 4. The van der Waals surface area contributed by atoms with Crippen molar-refractivity contribution < 1.29 is 9.47 Å². The van der Waals surface area contributed by atoms with Gasteiger partial charge in [0.15, 0.2) is 0 Å². The fraction of sp³-hybridized carbons (Fsp3) is 0.133. The van der Waals surface area contributed by atoms with Crippen molar-refractivity contribution in [3.63, 3.8) is 0 Å². The number of para-hydroxylation sites is 1. The van der Waals surface area contributed by atoms with Gasteiger partial charge in [0.25, 0.3) is 0 Å². The van der Waals surface area contributed by atoms with E-state index in [0.29, 0.717) is 11.4 Å². The molecule has 106 valence electrons. The molecule has 0 unspecified atom stereocenters. The second kappa shape index (κ2) is 7.28. The summed E-state index contributed by atoms with van der Waals surface area (Å²) in [6.07, 6.45) is 0. The Morgan fingerprint density at radius 3 is 2.71 bits per heavy atom. The fourth-order valence-corrected chi connectivity index (χ4v) is 1.88. The molecule has 2 rings (SSSR count). The van der Waals surface area contributed by atoms with Gasteiger partial charge < -0.3 is 9.47 Å². The van der Waals surface area contributed by atoms with Gasteiger partial charge in [0.2, 0.25) is 0 Å². The van der Waals surface area contributed by atoms with E-state index in [0.717, 1.165) is 11.1 Å². The molecule has 0 aliphatic rings. The summed E-state index contributed by atoms with van der Waals surface area (Å²) in [5, 5.41) is 3.65. The second-order valence-electron chi connectivity index (χ2n) is 4.28. The maximum absolute atomic E-state index is 8.55. The summed E-state index contributed by atoms with van der Waals surface area (Å²) < 4.78 is 10.8. The van der Waals surface area contributed by atoms with Gasteiger partial charge in [-0.15, -0.1) is 0 Å². The summed E-state index contributed by atoms with van der Waals surface area (Å²) in [5.74, 6) is 0.613. The highest BCUT2D eigenvalue weighted by molar-refractivity contribution is 7.79. The highest BCUT2D eigenvalue weighted by atomic mass is 32.1. The molecule has 6 heteroatoms. The van der Waals surface area contributed by atoms with Gasteiger partial charge in [-0.1, -0.05) is 47.1 Å². The monoisotopic (exact) mass is 299 g/mol. The average Bonchev–Trinajstić information content (AvgIpc) is 2.49. The first-order chi connectivity index (χ1) is 10.2. The van der Waals surface area contributed by atoms with Crippen molar-refractivity contribution in [2.75, 3.05) is 0 Å². The molecule has 0 spiro atoms. The van der Waals surface area contributed by atoms with Crippen LogP contribution in [0.5, 0.6) is 5.75 Å². The third-order valence-electron chi connectivity index (χ3n) is 2.68. The quantitative estimate of drug-likeness (QED) is 0.352. The summed E-state index contributed by atoms with van der Waals surface area (Å²) in [5.41, 5.74) is 10.9. The molecule has 0 aliphatic heterocycles. The van der Waals surface area contributed by atoms with Crippen LogP contribution in [-0.4, -0.2) is 5.24 Å². The molecule has 0 aromatic heterocycles. The molecule has 0 fully saturated rings. The predicted molar refractivity (Wildman–Crippen MR) is 84.4 cm³/mol. The summed E-state index contributed by atoms with van der Waals surface area (Å²) in [6.45, 7) is 2.13. The Balaban J connectivity index is 2.01. The lowest BCUT2D eigenvalue weighted by Crippen LogP contribution is -2.10. The summed E-state index contributed by atoms with van der Waals surface area (Å²) in [4.78, 5) is 2.80. The van der Waals surface area contributed by atoms with Crippen LogP contribution in [0, 0.1) is 6.92 Å². The predicted octanol–water partition coefficient (Wildman–Crippen LogP) is 4.82. The smallest absolute Gasteiger partial charge is 0.358 e. The first-order valence-electron chi connectivity index (χ1n) is 6.23. The summed E-state index contributed by atoms with van der Waals surface area (Å²) >= 11 is 5.03. The van der Waals surface area contributed by atoms with E-state index in [1.807, 2.05) is 37.3 Å². The van der Waals surface area contributed by atoms with Gasteiger partial charge in [0.05, 0.1) is 0 Å². The minimum atomic E-state index is 0.0228. The number of ether oxygens (including phenoxy) is 2. The molecular formula is C15H13N3O2S. The van der Waals surface area contributed by atoms with Gasteiger partial charge in [-0.25, -0.2) is 0 Å². The molecule has 0 radical (unpaired) electrons. The Labute approximate surface area is 127 Å². The first-order valence-corrected chi connectivity index (χ1v) is 6.64. The molecule has 2 aromatic carbocycles. The zero-order valence-corrected chi connectivity index (χ0v) is 12.2. The molecular weight excluding hydrogens is 286 g/mol. The van der Waals surface area contributed by atoms with Gasteiger partial charge in [-0.3, -0.25) is 0 Å². The largest absolute Gasteiger partial charge is 0.452 e. The van der Waals surface area contributed by atoms with Gasteiger partial charge >= 0.3 is 5.24 Å². The Morgan fingerprint density at radius 2 is 2.00 bits per heavy atom. The summed E-state index contributed by atoms with van der Waals surface area (Å²) in [6, 6.07) is 14.6. The van der Waals surface area contributed by atoms with Gasteiger partial charge in [-0.05, 0) is 30.2 Å². The van der Waals surface area contributed by atoms with Crippen LogP contribution in [0.2, 0.25) is 0 Å². The van der Waals surface area contributed by atoms with Crippen molar-refractivity contribution in [1.82, 2.24) is 0 Å². The zero-order chi connectivity index (χ0) is 15.1. The molecule has 2 aromatic rings. The van der Waals surface area contributed by atoms with Crippen molar-refractivity contribution in [2.45, 2.75) is 13.5 Å². The number of hydrogen-bond donors (Lipinski definition) is 0. The van der Waals surface area contributed by atoms with E-state index >= 15 is 0 Å². The lowest BCUT2D eigenvalue weighted by molar-refractivity contribution is 0.237. The van der Waals surface area contributed by atoms with E-state index in [9.17, 15) is 0 Å².